The van der Waals surface area contributed by atoms with Crippen molar-refractivity contribution in [2.45, 2.75) is 31.8 Å². The molecule has 2 aromatic rings. The number of nitriles is 2. The van der Waals surface area contributed by atoms with Crippen LogP contribution < -0.4 is 4.72 Å². The molecule has 0 saturated carbocycles. The van der Waals surface area contributed by atoms with Crippen LogP contribution in [0.3, 0.4) is 0 Å². The molecule has 118 valence electrons. The van der Waals surface area contributed by atoms with Crippen molar-refractivity contribution in [2.75, 3.05) is 4.72 Å². The van der Waals surface area contributed by atoms with Gasteiger partial charge in [-0.05, 0) is 38.5 Å². The Bertz CT molecular complexity index is 930. The van der Waals surface area contributed by atoms with Crippen molar-refractivity contribution in [3.63, 3.8) is 0 Å². The Morgan fingerprint density at radius 3 is 2.48 bits per heavy atom. The van der Waals surface area contributed by atoms with Crippen LogP contribution in [0.2, 0.25) is 0 Å². The van der Waals surface area contributed by atoms with E-state index in [9.17, 15) is 8.42 Å². The summed E-state index contributed by atoms with van der Waals surface area (Å²) in [7, 11) is -3.87. The van der Waals surface area contributed by atoms with Crippen LogP contribution >= 0.6 is 0 Å². The zero-order valence-corrected chi connectivity index (χ0v) is 13.7. The Balaban J connectivity index is 2.42. The van der Waals surface area contributed by atoms with Crippen molar-refractivity contribution in [3.05, 3.63) is 41.3 Å². The van der Waals surface area contributed by atoms with Crippen LogP contribution in [0, 0.1) is 29.6 Å². The van der Waals surface area contributed by atoms with Crippen molar-refractivity contribution in [2.24, 2.45) is 0 Å². The summed E-state index contributed by atoms with van der Waals surface area (Å²) < 4.78 is 28.9. The maximum atomic E-state index is 12.4. The van der Waals surface area contributed by atoms with Gasteiger partial charge in [0.05, 0.1) is 23.1 Å². The molecule has 0 radical (unpaired) electrons. The highest BCUT2D eigenvalue weighted by molar-refractivity contribution is 7.92. The molecule has 0 spiro atoms. The van der Waals surface area contributed by atoms with E-state index in [1.54, 1.807) is 11.5 Å². The Kier molecular flexibility index (Phi) is 4.39. The summed E-state index contributed by atoms with van der Waals surface area (Å²) in [6.45, 7) is 5.41. The summed E-state index contributed by atoms with van der Waals surface area (Å²) >= 11 is 0. The third-order valence-electron chi connectivity index (χ3n) is 3.39. The Hall–Kier alpha value is -2.84. The molecule has 8 heteroatoms. The molecule has 0 fully saturated rings. The van der Waals surface area contributed by atoms with Gasteiger partial charge in [-0.25, -0.2) is 4.98 Å². The summed E-state index contributed by atoms with van der Waals surface area (Å²) in [4.78, 5) is 3.91. The molecule has 7 nitrogen and oxygen atoms in total. The fourth-order valence-electron chi connectivity index (χ4n) is 2.00. The van der Waals surface area contributed by atoms with E-state index in [-0.39, 0.29) is 27.9 Å². The number of benzene rings is 1. The zero-order chi connectivity index (χ0) is 17.2. The molecule has 1 aromatic carbocycles. The molecule has 0 bridgehead atoms. The summed E-state index contributed by atoms with van der Waals surface area (Å²) in [5.74, 6) is 0. The largest absolute Gasteiger partial charge is 0.334 e. The van der Waals surface area contributed by atoms with Gasteiger partial charge in [0.25, 0.3) is 10.0 Å². The van der Waals surface area contributed by atoms with Crippen LogP contribution in [-0.2, 0) is 10.0 Å². The molecule has 0 aliphatic carbocycles. The van der Waals surface area contributed by atoms with Gasteiger partial charge in [0.1, 0.15) is 12.1 Å². The van der Waals surface area contributed by atoms with Gasteiger partial charge in [-0.3, -0.25) is 4.72 Å². The van der Waals surface area contributed by atoms with Crippen molar-refractivity contribution in [1.29, 1.82) is 10.5 Å². The molecule has 1 heterocycles. The quantitative estimate of drug-likeness (QED) is 0.925. The molecule has 0 aliphatic rings. The molecular formula is C15H15N5O2S. The Morgan fingerprint density at radius 2 is 1.96 bits per heavy atom. The van der Waals surface area contributed by atoms with E-state index in [1.807, 2.05) is 26.0 Å². The van der Waals surface area contributed by atoms with Gasteiger partial charge in [-0.2, -0.15) is 18.9 Å². The number of nitrogens with one attached hydrogen (secondary N) is 1. The van der Waals surface area contributed by atoms with Crippen molar-refractivity contribution >= 4 is 15.7 Å². The van der Waals surface area contributed by atoms with E-state index in [0.29, 0.717) is 5.56 Å². The highest BCUT2D eigenvalue weighted by Crippen LogP contribution is 2.24. The fraction of sp³-hybridized carbons (Fsp3) is 0.267. The van der Waals surface area contributed by atoms with Gasteiger partial charge in [-0.1, -0.05) is 0 Å². The van der Waals surface area contributed by atoms with Crippen LogP contribution in [0.1, 0.15) is 36.6 Å². The van der Waals surface area contributed by atoms with Gasteiger partial charge in [0.2, 0.25) is 0 Å². The van der Waals surface area contributed by atoms with E-state index in [1.165, 1.54) is 24.7 Å². The first kappa shape index (κ1) is 16.5. The Labute approximate surface area is 134 Å². The molecule has 1 N–H and O–H groups in total. The predicted octanol–water partition coefficient (Wildman–Crippen LogP) is 2.32. The molecule has 23 heavy (non-hydrogen) atoms. The first-order valence-electron chi connectivity index (χ1n) is 6.80. The minimum Gasteiger partial charge on any atom is -0.334 e. The number of rotatable bonds is 4. The van der Waals surface area contributed by atoms with Crippen molar-refractivity contribution in [1.82, 2.24) is 9.55 Å². The first-order valence-corrected chi connectivity index (χ1v) is 8.28. The van der Waals surface area contributed by atoms with Crippen LogP contribution in [0.25, 0.3) is 0 Å². The fourth-order valence-corrected chi connectivity index (χ4v) is 3.06. The third kappa shape index (κ3) is 3.17. The van der Waals surface area contributed by atoms with E-state index in [0.717, 1.165) is 0 Å². The summed E-state index contributed by atoms with van der Waals surface area (Å²) in [5.41, 5.74) is 1.01. The molecule has 0 saturated heterocycles. The Morgan fingerprint density at radius 1 is 1.26 bits per heavy atom. The van der Waals surface area contributed by atoms with Crippen LogP contribution in [0.15, 0.2) is 29.7 Å². The standard InChI is InChI=1S/C15H15N5O2S/c1-10(2)20-8-15(18-9-20)23(21,22)19-14-5-4-12(6-16)13(7-17)11(14)3/h4-5,8-10,19H,1-3H3. The smallest absolute Gasteiger partial charge is 0.280 e. The molecular weight excluding hydrogens is 314 g/mol. The summed E-state index contributed by atoms with van der Waals surface area (Å²) in [5, 5.41) is 18.0. The molecule has 0 atom stereocenters. The lowest BCUT2D eigenvalue weighted by atomic mass is 10.0. The minimum absolute atomic E-state index is 0.0910. The maximum Gasteiger partial charge on any atom is 0.280 e. The monoisotopic (exact) mass is 329 g/mol. The van der Waals surface area contributed by atoms with E-state index in [2.05, 4.69) is 9.71 Å². The minimum atomic E-state index is -3.87. The van der Waals surface area contributed by atoms with Crippen LogP contribution in [0.5, 0.6) is 0 Å². The number of hydrogen-bond donors (Lipinski definition) is 1. The lowest BCUT2D eigenvalue weighted by Gasteiger charge is -2.11. The predicted molar refractivity (Wildman–Crippen MR) is 84.0 cm³/mol. The van der Waals surface area contributed by atoms with Crippen molar-refractivity contribution < 1.29 is 8.42 Å². The average molecular weight is 329 g/mol. The molecule has 0 unspecified atom stereocenters. The van der Waals surface area contributed by atoms with Gasteiger partial charge in [0.15, 0.2) is 5.03 Å². The normalized spacial score (nSPS) is 11.0. The number of aromatic nitrogens is 2. The van der Waals surface area contributed by atoms with E-state index < -0.39 is 10.0 Å². The maximum absolute atomic E-state index is 12.4. The summed E-state index contributed by atoms with van der Waals surface area (Å²) in [6.07, 6.45) is 2.89. The van der Waals surface area contributed by atoms with Gasteiger partial charge < -0.3 is 4.57 Å². The first-order chi connectivity index (χ1) is 10.8. The molecule has 1 aromatic heterocycles. The number of sulfonamides is 1. The number of nitrogens with zero attached hydrogens (tertiary/aromatic N) is 4. The SMILES string of the molecule is Cc1c(NS(=O)(=O)c2cn(C(C)C)cn2)ccc(C#N)c1C#N. The molecule has 0 amide bonds. The number of anilines is 1. The lowest BCUT2D eigenvalue weighted by molar-refractivity contribution is 0.591. The average Bonchev–Trinajstić information content (AvgIpc) is 3.00. The van der Waals surface area contributed by atoms with Gasteiger partial charge >= 0.3 is 0 Å². The third-order valence-corrected chi connectivity index (χ3v) is 4.64. The number of hydrogen-bond acceptors (Lipinski definition) is 5. The topological polar surface area (TPSA) is 112 Å². The molecule has 0 aliphatic heterocycles. The zero-order valence-electron chi connectivity index (χ0n) is 12.9. The highest BCUT2D eigenvalue weighted by Gasteiger charge is 2.20. The lowest BCUT2D eigenvalue weighted by Crippen LogP contribution is -2.15. The van der Waals surface area contributed by atoms with Crippen LogP contribution in [-0.4, -0.2) is 18.0 Å². The van der Waals surface area contributed by atoms with E-state index in [4.69, 9.17) is 10.5 Å². The van der Waals surface area contributed by atoms with Gasteiger partial charge in [-0.15, -0.1) is 0 Å². The highest BCUT2D eigenvalue weighted by atomic mass is 32.2. The molecule has 2 rings (SSSR count). The van der Waals surface area contributed by atoms with Crippen LogP contribution in [0.4, 0.5) is 5.69 Å². The van der Waals surface area contributed by atoms with E-state index >= 15 is 0 Å². The van der Waals surface area contributed by atoms with Crippen molar-refractivity contribution in [3.8, 4) is 12.1 Å². The number of imidazole rings is 1. The second-order valence-corrected chi connectivity index (χ2v) is 6.87. The van der Waals surface area contributed by atoms with Gasteiger partial charge in [0, 0.05) is 12.2 Å². The second kappa shape index (κ2) is 6.11. The summed E-state index contributed by atoms with van der Waals surface area (Å²) in [6, 6.07) is 6.80. The second-order valence-electron chi connectivity index (χ2n) is 5.24.